The van der Waals surface area contributed by atoms with Crippen molar-refractivity contribution >= 4 is 10.9 Å². The highest BCUT2D eigenvalue weighted by Gasteiger charge is 2.10. The van der Waals surface area contributed by atoms with Gasteiger partial charge in [0, 0.05) is 17.1 Å². The highest BCUT2D eigenvalue weighted by Crippen LogP contribution is 2.28. The van der Waals surface area contributed by atoms with Crippen LogP contribution >= 0.6 is 0 Å². The fourth-order valence-electron chi connectivity index (χ4n) is 1.97. The number of hydrogen-bond acceptors (Lipinski definition) is 0. The first kappa shape index (κ1) is 10.2. The number of H-pyrrole nitrogens is 1. The predicted molar refractivity (Wildman–Crippen MR) is 61.3 cm³/mol. The van der Waals surface area contributed by atoms with Gasteiger partial charge in [0.25, 0.3) is 0 Å². The van der Waals surface area contributed by atoms with Crippen molar-refractivity contribution in [1.82, 2.24) is 4.98 Å². The van der Waals surface area contributed by atoms with Gasteiger partial charge in [0.1, 0.15) is 5.82 Å². The van der Waals surface area contributed by atoms with Gasteiger partial charge in [-0.1, -0.05) is 20.3 Å². The first-order valence-corrected chi connectivity index (χ1v) is 5.32. The molecule has 2 aromatic rings. The van der Waals surface area contributed by atoms with Crippen LogP contribution in [0.3, 0.4) is 0 Å². The van der Waals surface area contributed by atoms with E-state index < -0.39 is 0 Å². The largest absolute Gasteiger partial charge is 0.361 e. The van der Waals surface area contributed by atoms with Crippen LogP contribution in [0, 0.1) is 12.2 Å². The van der Waals surface area contributed by atoms with E-state index >= 15 is 0 Å². The lowest BCUT2D eigenvalue weighted by atomic mass is 9.96. The molecular weight excluding hydrogens is 189 g/mol. The van der Waals surface area contributed by atoms with Crippen molar-refractivity contribution < 1.29 is 4.39 Å². The highest BCUT2D eigenvalue weighted by molar-refractivity contribution is 5.83. The van der Waals surface area contributed by atoms with E-state index in [0.717, 1.165) is 17.3 Å². The first-order chi connectivity index (χ1) is 7.22. The molecule has 0 fully saturated rings. The van der Waals surface area contributed by atoms with E-state index in [9.17, 15) is 4.39 Å². The van der Waals surface area contributed by atoms with Crippen LogP contribution in [0.4, 0.5) is 4.39 Å². The van der Waals surface area contributed by atoms with Crippen LogP contribution in [0.25, 0.3) is 10.9 Å². The van der Waals surface area contributed by atoms with Gasteiger partial charge in [0.05, 0.1) is 0 Å². The van der Waals surface area contributed by atoms with Crippen LogP contribution in [0.15, 0.2) is 24.4 Å². The molecule has 1 nitrogen and oxygen atoms in total. The van der Waals surface area contributed by atoms with E-state index in [4.69, 9.17) is 0 Å². The summed E-state index contributed by atoms with van der Waals surface area (Å²) in [6.07, 6.45) is 5.23. The van der Waals surface area contributed by atoms with Crippen molar-refractivity contribution in [3.63, 3.8) is 0 Å². The van der Waals surface area contributed by atoms with E-state index in [1.165, 1.54) is 11.6 Å². The third-order valence-corrected chi connectivity index (χ3v) is 2.76. The minimum Gasteiger partial charge on any atom is -0.361 e. The second-order valence-electron chi connectivity index (χ2n) is 3.87. The molecule has 15 heavy (non-hydrogen) atoms. The van der Waals surface area contributed by atoms with Gasteiger partial charge < -0.3 is 4.98 Å². The molecule has 1 aromatic heterocycles. The molecule has 0 bridgehead atoms. The van der Waals surface area contributed by atoms with Crippen molar-refractivity contribution in [3.05, 3.63) is 42.2 Å². The van der Waals surface area contributed by atoms with Gasteiger partial charge >= 0.3 is 0 Å². The smallest absolute Gasteiger partial charge is 0.123 e. The number of rotatable bonds is 3. The molecule has 1 aromatic carbocycles. The Balaban J connectivity index is 2.47. The number of fused-ring (bicyclic) bond motifs is 1. The van der Waals surface area contributed by atoms with Crippen molar-refractivity contribution in [1.29, 1.82) is 0 Å². The summed E-state index contributed by atoms with van der Waals surface area (Å²) in [5, 5.41) is 0.993. The summed E-state index contributed by atoms with van der Waals surface area (Å²) in [4.78, 5) is 3.17. The maximum atomic E-state index is 13.1. The molecule has 2 rings (SSSR count). The number of aromatic amines is 1. The maximum Gasteiger partial charge on any atom is 0.123 e. The van der Waals surface area contributed by atoms with E-state index in [-0.39, 0.29) is 5.82 Å². The third kappa shape index (κ3) is 1.89. The number of aromatic nitrogens is 1. The fraction of sp³-hybridized carbons (Fsp3) is 0.308. The molecule has 0 aliphatic rings. The summed E-state index contributed by atoms with van der Waals surface area (Å²) in [5.74, 6) is 0.192. The molecular formula is C13H15FN. The molecule has 0 spiro atoms. The molecule has 1 unspecified atom stereocenters. The second kappa shape index (κ2) is 4.05. The maximum absolute atomic E-state index is 13.1. The second-order valence-corrected chi connectivity index (χ2v) is 3.87. The minimum absolute atomic E-state index is 0.174. The van der Waals surface area contributed by atoms with Gasteiger partial charge in [-0.05, 0) is 36.1 Å². The number of halogens is 1. The zero-order valence-electron chi connectivity index (χ0n) is 9.05. The summed E-state index contributed by atoms with van der Waals surface area (Å²) in [5.41, 5.74) is 2.18. The molecule has 79 valence electrons. The Bertz CT molecular complexity index is 459. The summed E-state index contributed by atoms with van der Waals surface area (Å²) < 4.78 is 13.1. The van der Waals surface area contributed by atoms with Gasteiger partial charge in [0.2, 0.25) is 0 Å². The lowest BCUT2D eigenvalue weighted by molar-refractivity contribution is 0.629. The normalized spacial score (nSPS) is 13.3. The van der Waals surface area contributed by atoms with Crippen LogP contribution in [-0.2, 0) is 0 Å². The topological polar surface area (TPSA) is 15.8 Å². The average Bonchev–Trinajstić information content (AvgIpc) is 2.60. The lowest BCUT2D eigenvalue weighted by Gasteiger charge is -2.07. The van der Waals surface area contributed by atoms with Gasteiger partial charge in [-0.2, -0.15) is 0 Å². The van der Waals surface area contributed by atoms with Crippen LogP contribution < -0.4 is 0 Å². The molecule has 1 heterocycles. The SMILES string of the molecule is CC[CH]C(C)c1c[nH]c2ccc(F)cc12. The average molecular weight is 204 g/mol. The van der Waals surface area contributed by atoms with E-state index in [1.54, 1.807) is 12.1 Å². The molecule has 1 radical (unpaired) electrons. The van der Waals surface area contributed by atoms with Crippen molar-refractivity contribution in [2.24, 2.45) is 0 Å². The Morgan fingerprint density at radius 1 is 1.47 bits per heavy atom. The molecule has 0 aliphatic heterocycles. The van der Waals surface area contributed by atoms with E-state index in [2.05, 4.69) is 25.3 Å². The van der Waals surface area contributed by atoms with Crippen molar-refractivity contribution in [2.75, 3.05) is 0 Å². The Morgan fingerprint density at radius 3 is 3.00 bits per heavy atom. The molecule has 2 heteroatoms. The van der Waals surface area contributed by atoms with E-state index in [0.29, 0.717) is 5.92 Å². The molecule has 0 saturated carbocycles. The molecule has 0 saturated heterocycles. The Kier molecular flexibility index (Phi) is 2.76. The zero-order valence-corrected chi connectivity index (χ0v) is 9.05. The summed E-state index contributed by atoms with van der Waals surface area (Å²) >= 11 is 0. The minimum atomic E-state index is -0.174. The number of nitrogens with one attached hydrogen (secondary N) is 1. The predicted octanol–water partition coefficient (Wildman–Crippen LogP) is 4.02. The van der Waals surface area contributed by atoms with Gasteiger partial charge in [-0.25, -0.2) is 4.39 Å². The lowest BCUT2D eigenvalue weighted by Crippen LogP contribution is -1.92. The fourth-order valence-corrected chi connectivity index (χ4v) is 1.97. The monoisotopic (exact) mass is 204 g/mol. The molecule has 1 atom stereocenters. The Morgan fingerprint density at radius 2 is 2.27 bits per heavy atom. The number of hydrogen-bond donors (Lipinski definition) is 1. The van der Waals surface area contributed by atoms with Crippen molar-refractivity contribution in [2.45, 2.75) is 26.2 Å². The standard InChI is InChI=1S/C13H15FN/c1-3-4-9(2)12-8-15-13-6-5-10(14)7-11(12)13/h4-9,15H,3H2,1-2H3. The molecule has 0 aliphatic carbocycles. The Labute approximate surface area is 89.3 Å². The van der Waals surface area contributed by atoms with Gasteiger partial charge in [0.15, 0.2) is 0 Å². The van der Waals surface area contributed by atoms with Crippen LogP contribution in [0.5, 0.6) is 0 Å². The summed E-state index contributed by atoms with van der Waals surface area (Å²) in [6.45, 7) is 4.25. The zero-order chi connectivity index (χ0) is 10.8. The summed E-state index contributed by atoms with van der Waals surface area (Å²) in [7, 11) is 0. The van der Waals surface area contributed by atoms with Crippen LogP contribution in [-0.4, -0.2) is 4.98 Å². The molecule has 1 N–H and O–H groups in total. The summed E-state index contributed by atoms with van der Waals surface area (Å²) in [6, 6.07) is 4.87. The van der Waals surface area contributed by atoms with Gasteiger partial charge in [-0.15, -0.1) is 0 Å². The van der Waals surface area contributed by atoms with Crippen LogP contribution in [0.2, 0.25) is 0 Å². The van der Waals surface area contributed by atoms with Gasteiger partial charge in [-0.3, -0.25) is 0 Å². The van der Waals surface area contributed by atoms with E-state index in [1.807, 2.05) is 6.20 Å². The molecule has 0 amide bonds. The van der Waals surface area contributed by atoms with Crippen LogP contribution in [0.1, 0.15) is 31.7 Å². The third-order valence-electron chi connectivity index (χ3n) is 2.76. The Hall–Kier alpha value is -1.31. The quantitative estimate of drug-likeness (QED) is 0.777. The highest BCUT2D eigenvalue weighted by atomic mass is 19.1. The van der Waals surface area contributed by atoms with Crippen molar-refractivity contribution in [3.8, 4) is 0 Å². The number of benzene rings is 1. The first-order valence-electron chi connectivity index (χ1n) is 5.32.